The number of benzene rings is 6. The van der Waals surface area contributed by atoms with Crippen molar-refractivity contribution >= 4 is 114 Å². The summed E-state index contributed by atoms with van der Waals surface area (Å²) >= 11 is 8.27. The van der Waals surface area contributed by atoms with E-state index < -0.39 is 11.8 Å². The van der Waals surface area contributed by atoms with Crippen molar-refractivity contribution in [3.63, 3.8) is 0 Å². The van der Waals surface area contributed by atoms with Crippen molar-refractivity contribution in [2.75, 3.05) is 85.6 Å². The third-order valence-electron chi connectivity index (χ3n) is 10.8. The molecule has 4 aliphatic heterocycles. The SMILES string of the molecule is CC(C)(C)OC(=O)Oc1ccc([S+]2CCSCC2)cc1.O=C(Oc1ccc([S+]2CCSCC2)cc1)c1ccccc1.c1ccc([S+]2CCSC2)cc1.c1ccc2c([S+]3CCSCC3)cccc2c1. The highest BCUT2D eigenvalue weighted by atomic mass is 32.2. The summed E-state index contributed by atoms with van der Waals surface area (Å²) in [5.41, 5.74) is 0.0470. The molecule has 68 heavy (non-hydrogen) atoms. The Balaban J connectivity index is 0.000000137. The highest BCUT2D eigenvalue weighted by molar-refractivity contribution is 8.17. The molecule has 4 aliphatic rings. The Labute approximate surface area is 434 Å². The van der Waals surface area contributed by atoms with Gasteiger partial charge in [-0.2, -0.15) is 35.3 Å². The second-order valence-electron chi connectivity index (χ2n) is 16.8. The number of rotatable bonds is 7. The smallest absolute Gasteiger partial charge is 0.428 e. The molecule has 0 N–H and O–H groups in total. The monoisotopic (exact) mass is 1060 g/mol. The topological polar surface area (TPSA) is 61.8 Å². The van der Waals surface area contributed by atoms with Gasteiger partial charge >= 0.3 is 12.1 Å². The molecule has 0 amide bonds. The molecule has 0 aromatic heterocycles. The Morgan fingerprint density at radius 1 is 0.441 bits per heavy atom. The molecule has 0 spiro atoms. The van der Waals surface area contributed by atoms with Crippen molar-refractivity contribution in [2.24, 2.45) is 0 Å². The fraction of sp³-hybridized carbons (Fsp3) is 0.345. The van der Waals surface area contributed by atoms with Gasteiger partial charge in [-0.15, -0.1) is 11.8 Å². The van der Waals surface area contributed by atoms with E-state index in [1.165, 1.54) is 106 Å². The molecule has 6 aromatic rings. The van der Waals surface area contributed by atoms with E-state index in [0.717, 1.165) is 0 Å². The molecule has 10 rings (SSSR count). The minimum atomic E-state index is -0.651. The van der Waals surface area contributed by atoms with Crippen LogP contribution in [0.2, 0.25) is 0 Å². The predicted octanol–water partition coefficient (Wildman–Crippen LogP) is 13.3. The zero-order chi connectivity index (χ0) is 47.4. The van der Waals surface area contributed by atoms with Crippen LogP contribution in [0.25, 0.3) is 10.8 Å². The normalized spacial score (nSPS) is 17.8. The van der Waals surface area contributed by atoms with Crippen LogP contribution in [-0.4, -0.2) is 103 Å². The molecule has 0 aliphatic carbocycles. The zero-order valence-electron chi connectivity index (χ0n) is 39.3. The van der Waals surface area contributed by atoms with E-state index in [2.05, 4.69) is 121 Å². The lowest BCUT2D eigenvalue weighted by atomic mass is 10.1. The lowest BCUT2D eigenvalue weighted by Crippen LogP contribution is -2.26. The summed E-state index contributed by atoms with van der Waals surface area (Å²) in [5, 5.41) is 4.22. The van der Waals surface area contributed by atoms with Gasteiger partial charge in [-0.25, -0.2) is 9.59 Å². The number of hydrogen-bond acceptors (Lipinski definition) is 9. The molecule has 1 atom stereocenters. The van der Waals surface area contributed by atoms with Crippen LogP contribution >= 0.6 is 47.0 Å². The largest absolute Gasteiger partial charge is 0.514 e. The van der Waals surface area contributed by atoms with Crippen LogP contribution in [0.5, 0.6) is 11.5 Å². The van der Waals surface area contributed by atoms with Crippen LogP contribution in [0, 0.1) is 0 Å². The maximum absolute atomic E-state index is 12.0. The van der Waals surface area contributed by atoms with E-state index in [1.807, 2.05) is 86.8 Å². The first-order valence-electron chi connectivity index (χ1n) is 23.1. The Morgan fingerprint density at radius 2 is 0.882 bits per heavy atom. The van der Waals surface area contributed by atoms with Gasteiger partial charge in [0.2, 0.25) is 0 Å². The second-order valence-corrected chi connectivity index (χ2v) is 30.9. The van der Waals surface area contributed by atoms with Gasteiger partial charge in [0.1, 0.15) is 57.4 Å². The van der Waals surface area contributed by atoms with Gasteiger partial charge in [0.05, 0.1) is 5.56 Å². The summed E-state index contributed by atoms with van der Waals surface area (Å²) in [6, 6.07) is 51.4. The minimum Gasteiger partial charge on any atom is -0.428 e. The Kier molecular flexibility index (Phi) is 22.0. The molecule has 358 valence electrons. The molecule has 13 heteroatoms. The van der Waals surface area contributed by atoms with Crippen molar-refractivity contribution in [1.82, 2.24) is 0 Å². The first-order valence-corrected chi connectivity index (χ1v) is 34.0. The van der Waals surface area contributed by atoms with E-state index in [1.54, 1.807) is 21.9 Å². The number of thioether (sulfide) groups is 4. The van der Waals surface area contributed by atoms with Gasteiger partial charge < -0.3 is 14.2 Å². The molecule has 4 saturated heterocycles. The molecular weight excluding hydrogens is 997 g/mol. The summed E-state index contributed by atoms with van der Waals surface area (Å²) in [6.07, 6.45) is -0.651. The number of carbonyl (C=O) groups excluding carboxylic acids is 2. The maximum atomic E-state index is 12.0. The summed E-state index contributed by atoms with van der Waals surface area (Å²) in [4.78, 5) is 29.4. The van der Waals surface area contributed by atoms with E-state index in [4.69, 9.17) is 14.2 Å². The molecule has 5 nitrogen and oxygen atoms in total. The van der Waals surface area contributed by atoms with Crippen molar-refractivity contribution < 1.29 is 23.8 Å². The highest BCUT2D eigenvalue weighted by Crippen LogP contribution is 2.30. The fourth-order valence-corrected chi connectivity index (χ4v) is 23.8. The van der Waals surface area contributed by atoms with Gasteiger partial charge in [-0.05, 0) is 111 Å². The number of ether oxygens (including phenoxy) is 3. The summed E-state index contributed by atoms with van der Waals surface area (Å²) in [7, 11) is 1.81. The van der Waals surface area contributed by atoms with Crippen LogP contribution in [-0.2, 0) is 48.3 Å². The lowest BCUT2D eigenvalue weighted by Gasteiger charge is -2.18. The van der Waals surface area contributed by atoms with Crippen LogP contribution in [0.15, 0.2) is 171 Å². The van der Waals surface area contributed by atoms with E-state index in [9.17, 15) is 9.59 Å². The van der Waals surface area contributed by atoms with Crippen molar-refractivity contribution in [2.45, 2.75) is 46.0 Å². The minimum absolute atomic E-state index is 0.306. The van der Waals surface area contributed by atoms with Gasteiger partial charge in [0, 0.05) is 89.2 Å². The molecule has 6 aromatic carbocycles. The maximum Gasteiger partial charge on any atom is 0.514 e. The quantitative estimate of drug-likeness (QED) is 0.0673. The third-order valence-corrected chi connectivity index (χ3v) is 26.5. The van der Waals surface area contributed by atoms with E-state index >= 15 is 0 Å². The molecule has 0 saturated carbocycles. The van der Waals surface area contributed by atoms with Crippen LogP contribution in [0.3, 0.4) is 0 Å². The summed E-state index contributed by atoms with van der Waals surface area (Å²) < 4.78 is 15.7. The Morgan fingerprint density at radius 3 is 1.41 bits per heavy atom. The number of esters is 1. The van der Waals surface area contributed by atoms with E-state index in [-0.39, 0.29) is 5.97 Å². The summed E-state index contributed by atoms with van der Waals surface area (Å²) in [5.74, 6) is 19.1. The fourth-order valence-electron chi connectivity index (χ4n) is 7.39. The first-order chi connectivity index (χ1) is 33.2. The first kappa shape index (κ1) is 52.9. The Hall–Kier alpha value is -2.88. The van der Waals surface area contributed by atoms with Crippen molar-refractivity contribution in [1.29, 1.82) is 0 Å². The van der Waals surface area contributed by atoms with Crippen molar-refractivity contribution in [3.8, 4) is 11.5 Å². The molecule has 4 fully saturated rings. The molecule has 4 heterocycles. The molecule has 0 bridgehead atoms. The lowest BCUT2D eigenvalue weighted by molar-refractivity contribution is 0.0206. The average Bonchev–Trinajstić information content (AvgIpc) is 3.94. The molecular formula is C55H64O5S8+4. The van der Waals surface area contributed by atoms with Gasteiger partial charge in [-0.3, -0.25) is 0 Å². The van der Waals surface area contributed by atoms with Gasteiger partial charge in [0.15, 0.2) is 24.7 Å². The number of hydrogen-bond donors (Lipinski definition) is 0. The van der Waals surface area contributed by atoms with Crippen LogP contribution in [0.4, 0.5) is 4.79 Å². The highest BCUT2D eigenvalue weighted by Gasteiger charge is 2.29. The van der Waals surface area contributed by atoms with Crippen molar-refractivity contribution in [3.05, 3.63) is 157 Å². The van der Waals surface area contributed by atoms with Gasteiger partial charge in [-0.1, -0.05) is 66.7 Å². The summed E-state index contributed by atoms with van der Waals surface area (Å²) in [6.45, 7) is 5.46. The van der Waals surface area contributed by atoms with Crippen LogP contribution < -0.4 is 9.47 Å². The second kappa shape index (κ2) is 28.2. The number of fused-ring (bicyclic) bond motifs is 1. The molecule has 1 unspecified atom stereocenters. The van der Waals surface area contributed by atoms with Gasteiger partial charge in [0.25, 0.3) is 0 Å². The Bertz CT molecular complexity index is 2400. The van der Waals surface area contributed by atoms with Crippen LogP contribution in [0.1, 0.15) is 31.1 Å². The number of carbonyl (C=O) groups is 2. The standard InChI is InChI=1S/C17H17O2S2.C15H21O3S2.C14H15S2.C9H11S2/c18-17(14-4-2-1-3-5-14)19-15-6-8-16(9-7-15)21-12-10-20-11-13-21;1-15(2,3)18-14(16)17-12-4-6-13(7-5-12)20-10-8-19-9-11-20;1-2-6-13-12(4-1)5-3-7-14(13)16-10-8-15-9-11-16;1-2-4-9(5-3-1)11-7-6-10-8-11/h1-9H,10-13H2;4-7H,8-11H2,1-3H3;1-7H,8-11H2;1-5H,6-8H2/q4*+1. The molecule has 0 radical (unpaired) electrons. The zero-order valence-corrected chi connectivity index (χ0v) is 45.9. The van der Waals surface area contributed by atoms with E-state index in [0.29, 0.717) is 60.6 Å². The predicted molar refractivity (Wildman–Crippen MR) is 307 cm³/mol. The third kappa shape index (κ3) is 17.5. The average molecular weight is 1060 g/mol.